The smallest absolute Gasteiger partial charge is 0.341 e. The number of carbonyl (C=O) groups is 5. The number of urea groups is 1. The maximum Gasteiger partial charge on any atom is 0.341 e. The maximum absolute atomic E-state index is 12.2. The minimum absolute atomic E-state index is 0.189. The van der Waals surface area contributed by atoms with Crippen molar-refractivity contribution >= 4 is 46.1 Å². The number of nitrogens with one attached hydrogen (secondary N) is 1. The zero-order valence-electron chi connectivity index (χ0n) is 14.0. The van der Waals surface area contributed by atoms with Gasteiger partial charge in [-0.05, 0) is 19.4 Å². The summed E-state index contributed by atoms with van der Waals surface area (Å²) in [6.45, 7) is 3.14. The number of aryl methyl sites for hydroxylation is 1. The molecule has 0 saturated carbocycles. The van der Waals surface area contributed by atoms with Gasteiger partial charge in [0.2, 0.25) is 5.91 Å². The normalized spacial score (nSPS) is 14.3. The summed E-state index contributed by atoms with van der Waals surface area (Å²) < 4.78 is 4.95. The Hall–Kier alpha value is -2.75. The molecular weight excluding hydrogens is 350 g/mol. The topological polar surface area (TPSA) is 113 Å². The van der Waals surface area contributed by atoms with Gasteiger partial charge in [-0.1, -0.05) is 6.92 Å². The first kappa shape index (κ1) is 18.6. The minimum atomic E-state index is -1.06. The van der Waals surface area contributed by atoms with Gasteiger partial charge in [0.15, 0.2) is 0 Å². The predicted molar refractivity (Wildman–Crippen MR) is 88.2 cm³/mol. The van der Waals surface area contributed by atoms with E-state index in [0.717, 1.165) is 11.9 Å². The van der Waals surface area contributed by atoms with E-state index in [1.165, 1.54) is 11.3 Å². The second-order valence-electron chi connectivity index (χ2n) is 5.12. The van der Waals surface area contributed by atoms with Gasteiger partial charge in [0.05, 0.1) is 12.2 Å². The molecule has 1 aliphatic rings. The van der Waals surface area contributed by atoms with E-state index in [0.29, 0.717) is 16.2 Å². The van der Waals surface area contributed by atoms with Crippen molar-refractivity contribution in [3.05, 3.63) is 16.5 Å². The molecule has 0 spiro atoms. The van der Waals surface area contributed by atoms with E-state index < -0.39 is 36.3 Å². The van der Waals surface area contributed by atoms with Gasteiger partial charge in [-0.2, -0.15) is 0 Å². The lowest BCUT2D eigenvalue weighted by Gasteiger charge is -2.12. The number of hydrogen-bond acceptors (Lipinski definition) is 7. The van der Waals surface area contributed by atoms with Crippen LogP contribution in [0.15, 0.2) is 6.07 Å². The number of anilines is 1. The fraction of sp³-hybridized carbons (Fsp3) is 0.400. The first-order valence-electron chi connectivity index (χ1n) is 7.53. The van der Waals surface area contributed by atoms with E-state index in [1.54, 1.807) is 13.0 Å². The van der Waals surface area contributed by atoms with Gasteiger partial charge in [0.25, 0.3) is 0 Å². The summed E-state index contributed by atoms with van der Waals surface area (Å²) >= 11 is 1.20. The summed E-state index contributed by atoms with van der Waals surface area (Å²) in [5.74, 6) is -3.32. The molecule has 1 aliphatic heterocycles. The molecule has 2 rings (SSSR count). The van der Waals surface area contributed by atoms with E-state index in [4.69, 9.17) is 4.74 Å². The molecule has 0 unspecified atom stereocenters. The minimum Gasteiger partial charge on any atom is -0.462 e. The molecule has 0 aromatic carbocycles. The number of rotatable bonds is 6. The third-order valence-electron chi connectivity index (χ3n) is 3.43. The molecule has 134 valence electrons. The summed E-state index contributed by atoms with van der Waals surface area (Å²) in [4.78, 5) is 61.1. The average molecular weight is 367 g/mol. The van der Waals surface area contributed by atoms with Crippen LogP contribution in [0.3, 0.4) is 0 Å². The third-order valence-corrected chi connectivity index (χ3v) is 4.63. The van der Waals surface area contributed by atoms with Gasteiger partial charge in [-0.15, -0.1) is 11.3 Å². The van der Waals surface area contributed by atoms with Crippen LogP contribution >= 0.6 is 11.3 Å². The van der Waals surface area contributed by atoms with Crippen molar-refractivity contribution in [1.82, 2.24) is 9.80 Å². The summed E-state index contributed by atoms with van der Waals surface area (Å²) in [7, 11) is 1.16. The number of thiophene rings is 1. The van der Waals surface area contributed by atoms with Crippen LogP contribution in [0.2, 0.25) is 0 Å². The Labute approximate surface area is 147 Å². The van der Waals surface area contributed by atoms with Crippen LogP contribution < -0.4 is 5.32 Å². The zero-order valence-corrected chi connectivity index (χ0v) is 14.8. The van der Waals surface area contributed by atoms with Crippen molar-refractivity contribution in [2.45, 2.75) is 20.3 Å². The Morgan fingerprint density at radius 3 is 2.40 bits per heavy atom. The summed E-state index contributed by atoms with van der Waals surface area (Å²) in [5, 5.41) is 2.78. The van der Waals surface area contributed by atoms with Gasteiger partial charge in [-0.3, -0.25) is 19.3 Å². The molecule has 1 aromatic heterocycles. The molecule has 9 nitrogen and oxygen atoms in total. The second-order valence-corrected chi connectivity index (χ2v) is 6.25. The number of hydrogen-bond donors (Lipinski definition) is 1. The number of nitrogens with zero attached hydrogens (tertiary/aromatic N) is 2. The van der Waals surface area contributed by atoms with Crippen LogP contribution in [0.1, 0.15) is 29.1 Å². The molecule has 25 heavy (non-hydrogen) atoms. The Bertz CT molecular complexity index is 756. The maximum atomic E-state index is 12.2. The summed E-state index contributed by atoms with van der Waals surface area (Å²) in [6.07, 6.45) is 0.662. The van der Waals surface area contributed by atoms with Crippen LogP contribution in [-0.4, -0.2) is 59.7 Å². The number of esters is 1. The molecule has 1 aromatic rings. The van der Waals surface area contributed by atoms with Gasteiger partial charge < -0.3 is 10.1 Å². The van der Waals surface area contributed by atoms with E-state index in [9.17, 15) is 24.0 Å². The fourth-order valence-corrected chi connectivity index (χ4v) is 3.13. The van der Waals surface area contributed by atoms with Gasteiger partial charge in [0, 0.05) is 11.9 Å². The zero-order chi connectivity index (χ0) is 18.7. The first-order valence-corrected chi connectivity index (χ1v) is 8.34. The van der Waals surface area contributed by atoms with Gasteiger partial charge in [0.1, 0.15) is 11.5 Å². The van der Waals surface area contributed by atoms with Crippen LogP contribution in [0, 0.1) is 0 Å². The average Bonchev–Trinajstić information content (AvgIpc) is 3.06. The van der Waals surface area contributed by atoms with Crippen molar-refractivity contribution in [1.29, 1.82) is 0 Å². The SMILES string of the molecule is CCOC(=O)c1cc(CC)sc1NC(=O)CN1C(=O)C(=O)N(C)C1=O. The van der Waals surface area contributed by atoms with E-state index in [1.807, 2.05) is 6.92 Å². The molecule has 0 atom stereocenters. The molecule has 0 aliphatic carbocycles. The Kier molecular flexibility index (Phi) is 5.52. The lowest BCUT2D eigenvalue weighted by molar-refractivity contribution is -0.143. The molecule has 1 fully saturated rings. The van der Waals surface area contributed by atoms with E-state index in [-0.39, 0.29) is 17.2 Å². The third kappa shape index (κ3) is 3.68. The van der Waals surface area contributed by atoms with Crippen LogP contribution in [-0.2, 0) is 25.5 Å². The summed E-state index contributed by atoms with van der Waals surface area (Å²) in [6, 6.07) is 0.762. The number of likely N-dealkylation sites (N-methyl/N-ethyl adjacent to an activating group) is 1. The molecule has 5 amide bonds. The predicted octanol–water partition coefficient (Wildman–Crippen LogP) is 0.846. The number of amides is 5. The highest BCUT2D eigenvalue weighted by molar-refractivity contribution is 7.16. The van der Waals surface area contributed by atoms with Crippen LogP contribution in [0.5, 0.6) is 0 Å². The largest absolute Gasteiger partial charge is 0.462 e. The van der Waals surface area contributed by atoms with Gasteiger partial charge >= 0.3 is 23.8 Å². The van der Waals surface area contributed by atoms with Crippen LogP contribution in [0.4, 0.5) is 9.80 Å². The van der Waals surface area contributed by atoms with Crippen molar-refractivity contribution in [3.8, 4) is 0 Å². The lowest BCUT2D eigenvalue weighted by Crippen LogP contribution is -2.38. The quantitative estimate of drug-likeness (QED) is 0.453. The summed E-state index contributed by atoms with van der Waals surface area (Å²) in [5.41, 5.74) is 0.212. The van der Waals surface area contributed by atoms with Crippen LogP contribution in [0.25, 0.3) is 0 Å². The molecule has 2 heterocycles. The fourth-order valence-electron chi connectivity index (χ4n) is 2.13. The first-order chi connectivity index (χ1) is 11.8. The molecular formula is C15H17N3O6S. The Morgan fingerprint density at radius 1 is 1.20 bits per heavy atom. The molecule has 10 heteroatoms. The standard InChI is InChI=1S/C15H17N3O6S/c1-4-8-6-9(14(22)24-5-2)11(25-8)16-10(19)7-18-13(21)12(20)17(3)15(18)23/h6H,4-5,7H2,1-3H3,(H,16,19). The lowest BCUT2D eigenvalue weighted by atomic mass is 10.2. The Morgan fingerprint density at radius 2 is 1.88 bits per heavy atom. The highest BCUT2D eigenvalue weighted by Crippen LogP contribution is 2.29. The Balaban J connectivity index is 2.14. The second kappa shape index (κ2) is 7.43. The van der Waals surface area contributed by atoms with E-state index in [2.05, 4.69) is 5.32 Å². The monoisotopic (exact) mass is 367 g/mol. The van der Waals surface area contributed by atoms with E-state index >= 15 is 0 Å². The molecule has 0 radical (unpaired) electrons. The number of carbonyl (C=O) groups excluding carboxylic acids is 5. The van der Waals surface area contributed by atoms with Crippen molar-refractivity contribution in [3.63, 3.8) is 0 Å². The molecule has 1 N–H and O–H groups in total. The highest BCUT2D eigenvalue weighted by atomic mass is 32.1. The van der Waals surface area contributed by atoms with Crippen molar-refractivity contribution in [2.75, 3.05) is 25.5 Å². The van der Waals surface area contributed by atoms with Crippen molar-refractivity contribution in [2.24, 2.45) is 0 Å². The van der Waals surface area contributed by atoms with Gasteiger partial charge in [-0.25, -0.2) is 14.5 Å². The number of ether oxygens (including phenoxy) is 1. The molecule has 1 saturated heterocycles. The molecule has 0 bridgehead atoms. The number of imide groups is 2. The van der Waals surface area contributed by atoms with Crippen molar-refractivity contribution < 1.29 is 28.7 Å². The highest BCUT2D eigenvalue weighted by Gasteiger charge is 2.43.